The van der Waals surface area contributed by atoms with Gasteiger partial charge in [-0.05, 0) is 7.05 Å². The van der Waals surface area contributed by atoms with Gasteiger partial charge in [-0.3, -0.25) is 19.8 Å². The fourth-order valence-electron chi connectivity index (χ4n) is 1.21. The van der Waals surface area contributed by atoms with Crippen LogP contribution in [0.2, 0.25) is 0 Å². The van der Waals surface area contributed by atoms with Crippen molar-refractivity contribution in [3.05, 3.63) is 0 Å². The predicted molar refractivity (Wildman–Crippen MR) is 41.3 cm³/mol. The van der Waals surface area contributed by atoms with Gasteiger partial charge in [0.25, 0.3) is 0 Å². The van der Waals surface area contributed by atoms with Crippen LogP contribution < -0.4 is 5.32 Å². The molecule has 1 fully saturated rings. The van der Waals surface area contributed by atoms with Crippen LogP contribution in [0.25, 0.3) is 0 Å². The Labute approximate surface area is 70.4 Å². The molecule has 1 saturated heterocycles. The van der Waals surface area contributed by atoms with Crippen LogP contribution in [0.4, 0.5) is 0 Å². The Kier molecular flexibility index (Phi) is 2.78. The van der Waals surface area contributed by atoms with E-state index in [9.17, 15) is 9.59 Å². The van der Waals surface area contributed by atoms with Gasteiger partial charge in [0.05, 0.1) is 19.1 Å². The molecule has 5 heteroatoms. The maximum atomic E-state index is 11.0. The van der Waals surface area contributed by atoms with E-state index < -0.39 is 6.04 Å². The van der Waals surface area contributed by atoms with Gasteiger partial charge in [0.1, 0.15) is 0 Å². The van der Waals surface area contributed by atoms with Crippen molar-refractivity contribution >= 4 is 11.8 Å². The highest BCUT2D eigenvalue weighted by Crippen LogP contribution is 2.07. The van der Waals surface area contributed by atoms with Gasteiger partial charge in [0.15, 0.2) is 0 Å². The van der Waals surface area contributed by atoms with Gasteiger partial charge < -0.3 is 5.11 Å². The number of hydrogen-bond donors (Lipinski definition) is 2. The van der Waals surface area contributed by atoms with Crippen molar-refractivity contribution in [1.29, 1.82) is 0 Å². The Morgan fingerprint density at radius 3 is 2.75 bits per heavy atom. The van der Waals surface area contributed by atoms with Crippen LogP contribution in [0.1, 0.15) is 6.42 Å². The lowest BCUT2D eigenvalue weighted by atomic mass is 10.2. The Hall–Kier alpha value is -0.940. The average molecular weight is 172 g/mol. The number of hydrogen-bond acceptors (Lipinski definition) is 4. The second-order valence-corrected chi connectivity index (χ2v) is 2.84. The molecule has 1 rings (SSSR count). The van der Waals surface area contributed by atoms with Crippen LogP contribution in [-0.4, -0.2) is 48.1 Å². The topological polar surface area (TPSA) is 69.6 Å². The summed E-state index contributed by atoms with van der Waals surface area (Å²) in [6, 6.07) is -0.398. The molecule has 0 saturated carbocycles. The lowest BCUT2D eigenvalue weighted by molar-refractivity contribution is -0.126. The first-order valence-corrected chi connectivity index (χ1v) is 3.80. The molecule has 1 atom stereocenters. The van der Waals surface area contributed by atoms with Crippen molar-refractivity contribution in [3.63, 3.8) is 0 Å². The molecule has 1 aliphatic rings. The van der Waals surface area contributed by atoms with Gasteiger partial charge in [0, 0.05) is 6.54 Å². The van der Waals surface area contributed by atoms with Crippen LogP contribution in [0.5, 0.6) is 0 Å². The zero-order valence-electron chi connectivity index (χ0n) is 6.91. The summed E-state index contributed by atoms with van der Waals surface area (Å²) < 4.78 is 0. The van der Waals surface area contributed by atoms with E-state index in [0.29, 0.717) is 6.54 Å². The number of imide groups is 1. The molecule has 0 aromatic carbocycles. The molecule has 0 bridgehead atoms. The van der Waals surface area contributed by atoms with Crippen molar-refractivity contribution < 1.29 is 14.7 Å². The fraction of sp³-hybridized carbons (Fsp3) is 0.714. The number of nitrogens with one attached hydrogen (secondary N) is 1. The SMILES string of the molecule is CN(CCO)C1CC(=O)NC1=O. The molecule has 0 aromatic rings. The summed E-state index contributed by atoms with van der Waals surface area (Å²) in [7, 11) is 1.71. The zero-order chi connectivity index (χ0) is 9.14. The number of amides is 2. The van der Waals surface area contributed by atoms with E-state index in [0.717, 1.165) is 0 Å². The van der Waals surface area contributed by atoms with Crippen molar-refractivity contribution in [3.8, 4) is 0 Å². The molecule has 2 N–H and O–H groups in total. The van der Waals surface area contributed by atoms with Crippen LogP contribution >= 0.6 is 0 Å². The van der Waals surface area contributed by atoms with E-state index in [1.54, 1.807) is 11.9 Å². The van der Waals surface area contributed by atoms with Crippen molar-refractivity contribution in [2.45, 2.75) is 12.5 Å². The van der Waals surface area contributed by atoms with Crippen LogP contribution in [0.3, 0.4) is 0 Å². The van der Waals surface area contributed by atoms with Gasteiger partial charge in [-0.2, -0.15) is 0 Å². The fourth-order valence-corrected chi connectivity index (χ4v) is 1.21. The molecular formula is C7H12N2O3. The summed E-state index contributed by atoms with van der Waals surface area (Å²) in [5.74, 6) is -0.509. The summed E-state index contributed by atoms with van der Waals surface area (Å²) >= 11 is 0. The van der Waals surface area contributed by atoms with Gasteiger partial charge >= 0.3 is 0 Å². The standard InChI is InChI=1S/C7H12N2O3/c1-9(2-3-10)5-4-6(11)8-7(5)12/h5,10H,2-4H2,1H3,(H,8,11,12). The van der Waals surface area contributed by atoms with Crippen molar-refractivity contribution in [2.75, 3.05) is 20.2 Å². The lowest BCUT2D eigenvalue weighted by Gasteiger charge is -2.19. The van der Waals surface area contributed by atoms with E-state index in [1.165, 1.54) is 0 Å². The largest absolute Gasteiger partial charge is 0.395 e. The maximum Gasteiger partial charge on any atom is 0.244 e. The highest BCUT2D eigenvalue weighted by Gasteiger charge is 2.32. The molecule has 0 radical (unpaired) electrons. The van der Waals surface area contributed by atoms with E-state index in [2.05, 4.69) is 5.32 Å². The molecule has 5 nitrogen and oxygen atoms in total. The minimum atomic E-state index is -0.398. The quantitative estimate of drug-likeness (QED) is 0.499. The number of nitrogens with zero attached hydrogens (tertiary/aromatic N) is 1. The van der Waals surface area contributed by atoms with Crippen LogP contribution in [-0.2, 0) is 9.59 Å². The molecule has 68 valence electrons. The number of rotatable bonds is 3. The Morgan fingerprint density at radius 1 is 1.67 bits per heavy atom. The first-order valence-electron chi connectivity index (χ1n) is 3.80. The summed E-state index contributed by atoms with van der Waals surface area (Å²) in [6.07, 6.45) is 0.204. The number of aliphatic hydroxyl groups excluding tert-OH is 1. The summed E-state index contributed by atoms with van der Waals surface area (Å²) in [5.41, 5.74) is 0. The van der Waals surface area contributed by atoms with Crippen molar-refractivity contribution in [1.82, 2.24) is 10.2 Å². The highest BCUT2D eigenvalue weighted by atomic mass is 16.3. The molecule has 1 heterocycles. The monoisotopic (exact) mass is 172 g/mol. The second kappa shape index (κ2) is 3.64. The Balaban J connectivity index is 2.51. The molecule has 0 aromatic heterocycles. The molecule has 12 heavy (non-hydrogen) atoms. The second-order valence-electron chi connectivity index (χ2n) is 2.84. The first kappa shape index (κ1) is 9.15. The van der Waals surface area contributed by atoms with Gasteiger partial charge in [-0.25, -0.2) is 0 Å². The minimum absolute atomic E-state index is 0.00549. The van der Waals surface area contributed by atoms with E-state index >= 15 is 0 Å². The third-order valence-electron chi connectivity index (χ3n) is 1.93. The van der Waals surface area contributed by atoms with Crippen LogP contribution in [0, 0.1) is 0 Å². The van der Waals surface area contributed by atoms with Crippen molar-refractivity contribution in [2.24, 2.45) is 0 Å². The Morgan fingerprint density at radius 2 is 2.33 bits per heavy atom. The third kappa shape index (κ3) is 1.80. The highest BCUT2D eigenvalue weighted by molar-refractivity contribution is 6.05. The number of carbonyl (C=O) groups is 2. The van der Waals surface area contributed by atoms with Gasteiger partial charge in [0.2, 0.25) is 11.8 Å². The number of aliphatic hydroxyl groups is 1. The first-order chi connectivity index (χ1) is 5.65. The van der Waals surface area contributed by atoms with Gasteiger partial charge in [-0.15, -0.1) is 0 Å². The average Bonchev–Trinajstić information content (AvgIpc) is 2.30. The summed E-state index contributed by atoms with van der Waals surface area (Å²) in [5, 5.41) is 10.8. The lowest BCUT2D eigenvalue weighted by Crippen LogP contribution is -2.39. The Bertz CT molecular complexity index is 205. The van der Waals surface area contributed by atoms with Gasteiger partial charge in [-0.1, -0.05) is 0 Å². The third-order valence-corrected chi connectivity index (χ3v) is 1.93. The molecule has 1 aliphatic heterocycles. The molecule has 2 amide bonds. The summed E-state index contributed by atoms with van der Waals surface area (Å²) in [6.45, 7) is 0.403. The maximum absolute atomic E-state index is 11.0. The molecule has 0 spiro atoms. The molecule has 1 unspecified atom stereocenters. The predicted octanol–water partition coefficient (Wildman–Crippen LogP) is -1.67. The minimum Gasteiger partial charge on any atom is -0.395 e. The molecule has 0 aliphatic carbocycles. The van der Waals surface area contributed by atoms with E-state index in [-0.39, 0.29) is 24.8 Å². The number of carbonyl (C=O) groups excluding carboxylic acids is 2. The summed E-state index contributed by atoms with van der Waals surface area (Å²) in [4.78, 5) is 23.5. The van der Waals surface area contributed by atoms with Crippen LogP contribution in [0.15, 0.2) is 0 Å². The van der Waals surface area contributed by atoms with E-state index in [1.807, 2.05) is 0 Å². The zero-order valence-corrected chi connectivity index (χ0v) is 6.91. The number of likely N-dealkylation sites (N-methyl/N-ethyl adjacent to an activating group) is 1. The normalized spacial score (nSPS) is 23.4. The molecular weight excluding hydrogens is 160 g/mol. The van der Waals surface area contributed by atoms with E-state index in [4.69, 9.17) is 5.11 Å². The smallest absolute Gasteiger partial charge is 0.244 e.